The van der Waals surface area contributed by atoms with Crippen molar-refractivity contribution in [1.29, 1.82) is 0 Å². The topological polar surface area (TPSA) is 68.3 Å². The highest BCUT2D eigenvalue weighted by Crippen LogP contribution is 2.23. The molecule has 7 heteroatoms. The summed E-state index contributed by atoms with van der Waals surface area (Å²) in [5.41, 5.74) is 2.45. The first-order valence-corrected chi connectivity index (χ1v) is 9.05. The summed E-state index contributed by atoms with van der Waals surface area (Å²) in [6.07, 6.45) is 0. The number of aromatic nitrogens is 1. The Kier molecular flexibility index (Phi) is 5.87. The van der Waals surface area contributed by atoms with E-state index in [1.807, 2.05) is 24.3 Å². The molecule has 0 saturated carbocycles. The zero-order valence-electron chi connectivity index (χ0n) is 16.3. The van der Waals surface area contributed by atoms with Gasteiger partial charge in [0, 0.05) is 17.0 Å². The SMILES string of the molecule is Cc1nc2ccccc2c(C)c1C(=O)OCC(=O)N[C@H](C)c1ccc(F)cc1F. The molecule has 0 fully saturated rings. The van der Waals surface area contributed by atoms with Gasteiger partial charge in [0.1, 0.15) is 11.6 Å². The van der Waals surface area contributed by atoms with Crippen LogP contribution in [0.5, 0.6) is 0 Å². The molecular formula is C22H20F2N2O3. The van der Waals surface area contributed by atoms with Gasteiger partial charge in [-0.2, -0.15) is 0 Å². The second-order valence-corrected chi connectivity index (χ2v) is 6.75. The number of carbonyl (C=O) groups is 2. The van der Waals surface area contributed by atoms with Crippen LogP contribution in [-0.2, 0) is 9.53 Å². The number of amides is 1. The first kappa shape index (κ1) is 20.4. The largest absolute Gasteiger partial charge is 0.452 e. The molecule has 0 unspecified atom stereocenters. The molecule has 29 heavy (non-hydrogen) atoms. The summed E-state index contributed by atoms with van der Waals surface area (Å²) in [7, 11) is 0. The van der Waals surface area contributed by atoms with Crippen molar-refractivity contribution < 1.29 is 23.1 Å². The van der Waals surface area contributed by atoms with Gasteiger partial charge in [-0.15, -0.1) is 0 Å². The molecule has 3 aromatic rings. The lowest BCUT2D eigenvalue weighted by molar-refractivity contribution is -0.124. The molecule has 1 N–H and O–H groups in total. The monoisotopic (exact) mass is 398 g/mol. The van der Waals surface area contributed by atoms with Crippen molar-refractivity contribution in [1.82, 2.24) is 10.3 Å². The van der Waals surface area contributed by atoms with Gasteiger partial charge in [0.05, 0.1) is 22.8 Å². The predicted molar refractivity (Wildman–Crippen MR) is 104 cm³/mol. The van der Waals surface area contributed by atoms with Crippen molar-refractivity contribution in [3.8, 4) is 0 Å². The lowest BCUT2D eigenvalue weighted by Gasteiger charge is -2.16. The maximum Gasteiger partial charge on any atom is 0.340 e. The Morgan fingerprint density at radius 2 is 1.86 bits per heavy atom. The smallest absolute Gasteiger partial charge is 0.340 e. The van der Waals surface area contributed by atoms with Crippen LogP contribution in [0.1, 0.15) is 40.1 Å². The minimum absolute atomic E-state index is 0.136. The molecule has 0 aliphatic rings. The van der Waals surface area contributed by atoms with Crippen LogP contribution in [-0.4, -0.2) is 23.5 Å². The van der Waals surface area contributed by atoms with Crippen molar-refractivity contribution in [3.05, 3.63) is 76.5 Å². The number of esters is 1. The minimum Gasteiger partial charge on any atom is -0.452 e. The van der Waals surface area contributed by atoms with Crippen molar-refractivity contribution >= 4 is 22.8 Å². The molecule has 0 aliphatic carbocycles. The summed E-state index contributed by atoms with van der Waals surface area (Å²) in [5, 5.41) is 3.36. The first-order chi connectivity index (χ1) is 13.8. The van der Waals surface area contributed by atoms with E-state index in [0.717, 1.165) is 28.6 Å². The molecule has 0 bridgehead atoms. The van der Waals surface area contributed by atoms with Crippen LogP contribution in [0.3, 0.4) is 0 Å². The van der Waals surface area contributed by atoms with Crippen LogP contribution in [0.4, 0.5) is 8.78 Å². The highest BCUT2D eigenvalue weighted by Gasteiger charge is 2.20. The van der Waals surface area contributed by atoms with E-state index in [9.17, 15) is 18.4 Å². The van der Waals surface area contributed by atoms with Crippen molar-refractivity contribution in [2.24, 2.45) is 0 Å². The van der Waals surface area contributed by atoms with E-state index in [1.165, 1.54) is 6.07 Å². The van der Waals surface area contributed by atoms with Gasteiger partial charge in [-0.3, -0.25) is 9.78 Å². The molecular weight excluding hydrogens is 378 g/mol. The molecule has 2 aromatic carbocycles. The molecule has 0 aliphatic heterocycles. The van der Waals surface area contributed by atoms with E-state index < -0.39 is 36.2 Å². The zero-order valence-corrected chi connectivity index (χ0v) is 16.3. The number of halogens is 2. The summed E-state index contributed by atoms with van der Waals surface area (Å²) < 4.78 is 32.0. The molecule has 1 amide bonds. The molecule has 1 aromatic heterocycles. The average Bonchev–Trinajstić information content (AvgIpc) is 2.66. The maximum absolute atomic E-state index is 13.8. The summed E-state index contributed by atoms with van der Waals surface area (Å²) >= 11 is 0. The lowest BCUT2D eigenvalue weighted by Crippen LogP contribution is -2.31. The molecule has 0 spiro atoms. The zero-order chi connectivity index (χ0) is 21.1. The van der Waals surface area contributed by atoms with E-state index >= 15 is 0 Å². The molecule has 0 saturated heterocycles. The normalized spacial score (nSPS) is 11.9. The van der Waals surface area contributed by atoms with E-state index in [-0.39, 0.29) is 5.56 Å². The highest BCUT2D eigenvalue weighted by atomic mass is 19.1. The van der Waals surface area contributed by atoms with Crippen molar-refractivity contribution in [2.75, 3.05) is 6.61 Å². The highest BCUT2D eigenvalue weighted by molar-refractivity contribution is 5.99. The van der Waals surface area contributed by atoms with E-state index in [2.05, 4.69) is 10.3 Å². The number of fused-ring (bicyclic) bond motifs is 1. The van der Waals surface area contributed by atoms with E-state index in [4.69, 9.17) is 4.74 Å². The van der Waals surface area contributed by atoms with Crippen LogP contribution in [0.25, 0.3) is 10.9 Å². The van der Waals surface area contributed by atoms with Crippen LogP contribution < -0.4 is 5.32 Å². The Bertz CT molecular complexity index is 1100. The molecule has 1 heterocycles. The molecule has 3 rings (SSSR count). The van der Waals surface area contributed by atoms with Gasteiger partial charge in [0.25, 0.3) is 5.91 Å². The number of para-hydroxylation sites is 1. The van der Waals surface area contributed by atoms with Crippen LogP contribution in [0.2, 0.25) is 0 Å². The fourth-order valence-electron chi connectivity index (χ4n) is 3.25. The van der Waals surface area contributed by atoms with Gasteiger partial charge < -0.3 is 10.1 Å². The summed E-state index contributed by atoms with van der Waals surface area (Å²) in [4.78, 5) is 29.1. The summed E-state index contributed by atoms with van der Waals surface area (Å²) in [6, 6.07) is 9.83. The first-order valence-electron chi connectivity index (χ1n) is 9.05. The van der Waals surface area contributed by atoms with Crippen LogP contribution in [0, 0.1) is 25.5 Å². The number of carbonyl (C=O) groups excluding carboxylic acids is 2. The van der Waals surface area contributed by atoms with Crippen molar-refractivity contribution in [3.63, 3.8) is 0 Å². The Hall–Kier alpha value is -3.35. The maximum atomic E-state index is 13.8. The van der Waals surface area contributed by atoms with Gasteiger partial charge in [-0.05, 0) is 38.5 Å². The fourth-order valence-corrected chi connectivity index (χ4v) is 3.25. The third-order valence-electron chi connectivity index (χ3n) is 4.68. The number of aryl methyl sites for hydroxylation is 2. The Morgan fingerprint density at radius 1 is 1.14 bits per heavy atom. The van der Waals surface area contributed by atoms with Crippen LogP contribution in [0.15, 0.2) is 42.5 Å². The van der Waals surface area contributed by atoms with Gasteiger partial charge in [-0.25, -0.2) is 13.6 Å². The van der Waals surface area contributed by atoms with Crippen LogP contribution >= 0.6 is 0 Å². The fraction of sp³-hybridized carbons (Fsp3) is 0.227. The average molecular weight is 398 g/mol. The Labute approximate surface area is 166 Å². The molecule has 5 nitrogen and oxygen atoms in total. The van der Waals surface area contributed by atoms with E-state index in [1.54, 1.807) is 20.8 Å². The Balaban J connectivity index is 1.67. The number of hydrogen-bond acceptors (Lipinski definition) is 4. The third-order valence-corrected chi connectivity index (χ3v) is 4.68. The minimum atomic E-state index is -0.761. The van der Waals surface area contributed by atoms with Crippen molar-refractivity contribution in [2.45, 2.75) is 26.8 Å². The number of nitrogens with zero attached hydrogens (tertiary/aromatic N) is 1. The molecule has 1 atom stereocenters. The number of rotatable bonds is 5. The van der Waals surface area contributed by atoms with Gasteiger partial charge in [0.2, 0.25) is 0 Å². The Morgan fingerprint density at radius 3 is 2.59 bits per heavy atom. The lowest BCUT2D eigenvalue weighted by atomic mass is 10.0. The second kappa shape index (κ2) is 8.34. The van der Waals surface area contributed by atoms with E-state index in [0.29, 0.717) is 11.3 Å². The number of pyridine rings is 1. The van der Waals surface area contributed by atoms with Gasteiger partial charge in [-0.1, -0.05) is 24.3 Å². The number of nitrogens with one attached hydrogen (secondary N) is 1. The number of benzene rings is 2. The third kappa shape index (κ3) is 4.39. The standard InChI is InChI=1S/C22H20F2N2O3/c1-12-16-6-4-5-7-19(16)25-14(3)21(12)22(28)29-11-20(27)26-13(2)17-9-8-15(23)10-18(17)24/h4-10,13H,11H2,1-3H3,(H,26,27)/t13-/m1/s1. The number of ether oxygens (including phenoxy) is 1. The summed E-state index contributed by atoms with van der Waals surface area (Å²) in [5.74, 6) is -2.72. The molecule has 150 valence electrons. The second-order valence-electron chi connectivity index (χ2n) is 6.75. The quantitative estimate of drug-likeness (QED) is 0.655. The van der Waals surface area contributed by atoms with Gasteiger partial charge in [0.15, 0.2) is 6.61 Å². The van der Waals surface area contributed by atoms with Gasteiger partial charge >= 0.3 is 5.97 Å². The predicted octanol–water partition coefficient (Wildman–Crippen LogP) is 4.16. The summed E-state index contributed by atoms with van der Waals surface area (Å²) in [6.45, 7) is 4.53. The molecule has 0 radical (unpaired) electrons. The number of hydrogen-bond donors (Lipinski definition) is 1.